The molecule has 0 aliphatic rings. The van der Waals surface area contributed by atoms with Crippen LogP contribution in [0.4, 0.5) is 0 Å². The van der Waals surface area contributed by atoms with Crippen molar-refractivity contribution in [3.05, 3.63) is 65.7 Å². The molecule has 0 saturated carbocycles. The first-order valence-corrected chi connectivity index (χ1v) is 14.2. The standard InChI is InChI=1S/C32H50NO3/c1-5-7-8-9-10-11-15-21-30-22-16-17-23-31(30)35-24-18-25-36-32(34)29(6-2)27-33(3,4)26-28-19-13-12-14-20-28/h12-14,16-17,19-20,22-23,29H,5-11,15,18,21,24-27H2,1-4H3/q+1. The highest BCUT2D eigenvalue weighted by Gasteiger charge is 2.27. The number of hydrogen-bond donors (Lipinski definition) is 0. The van der Waals surface area contributed by atoms with Crippen LogP contribution in [0.3, 0.4) is 0 Å². The molecule has 200 valence electrons. The molecule has 0 fully saturated rings. The molecule has 0 saturated heterocycles. The molecule has 0 N–H and O–H groups in total. The lowest BCUT2D eigenvalue weighted by molar-refractivity contribution is -0.906. The minimum Gasteiger partial charge on any atom is -0.493 e. The van der Waals surface area contributed by atoms with Gasteiger partial charge in [-0.25, -0.2) is 0 Å². The fourth-order valence-corrected chi connectivity index (χ4v) is 4.76. The second kappa shape index (κ2) is 17.2. The number of unbranched alkanes of at least 4 members (excludes halogenated alkanes) is 6. The molecule has 0 radical (unpaired) electrons. The summed E-state index contributed by atoms with van der Waals surface area (Å²) in [5.74, 6) is 0.796. The highest BCUT2D eigenvalue weighted by Crippen LogP contribution is 2.21. The third-order valence-corrected chi connectivity index (χ3v) is 6.81. The molecule has 0 spiro atoms. The van der Waals surface area contributed by atoms with Crippen molar-refractivity contribution in [3.8, 4) is 5.75 Å². The third kappa shape index (κ3) is 12.1. The van der Waals surface area contributed by atoms with Crippen LogP contribution >= 0.6 is 0 Å². The van der Waals surface area contributed by atoms with E-state index in [4.69, 9.17) is 9.47 Å². The van der Waals surface area contributed by atoms with Gasteiger partial charge < -0.3 is 14.0 Å². The van der Waals surface area contributed by atoms with E-state index < -0.39 is 0 Å². The summed E-state index contributed by atoms with van der Waals surface area (Å²) in [5.41, 5.74) is 2.57. The number of para-hydroxylation sites is 1. The minimum atomic E-state index is -0.0904. The molecule has 0 aliphatic heterocycles. The summed E-state index contributed by atoms with van der Waals surface area (Å²) < 4.78 is 12.5. The van der Waals surface area contributed by atoms with Crippen molar-refractivity contribution in [1.29, 1.82) is 0 Å². The number of rotatable bonds is 19. The van der Waals surface area contributed by atoms with Crippen LogP contribution in [0.1, 0.15) is 82.8 Å². The van der Waals surface area contributed by atoms with Crippen molar-refractivity contribution < 1.29 is 18.8 Å². The second-order valence-corrected chi connectivity index (χ2v) is 10.7. The van der Waals surface area contributed by atoms with Crippen molar-refractivity contribution in [2.24, 2.45) is 5.92 Å². The highest BCUT2D eigenvalue weighted by atomic mass is 16.5. The van der Waals surface area contributed by atoms with Crippen molar-refractivity contribution in [2.75, 3.05) is 33.9 Å². The highest BCUT2D eigenvalue weighted by molar-refractivity contribution is 5.72. The van der Waals surface area contributed by atoms with Crippen LogP contribution in [-0.4, -0.2) is 44.3 Å². The number of carbonyl (C=O) groups excluding carboxylic acids is 1. The van der Waals surface area contributed by atoms with Gasteiger partial charge in [-0.1, -0.05) is 101 Å². The molecule has 0 amide bonds. The van der Waals surface area contributed by atoms with E-state index in [1.807, 2.05) is 12.1 Å². The Bertz CT molecular complexity index is 849. The van der Waals surface area contributed by atoms with Crippen LogP contribution in [0.5, 0.6) is 5.75 Å². The van der Waals surface area contributed by atoms with Crippen LogP contribution in [0.15, 0.2) is 54.6 Å². The summed E-state index contributed by atoms with van der Waals surface area (Å²) in [6.45, 7) is 6.97. The summed E-state index contributed by atoms with van der Waals surface area (Å²) in [6, 6.07) is 18.8. The summed E-state index contributed by atoms with van der Waals surface area (Å²) in [6.07, 6.45) is 11.8. The van der Waals surface area contributed by atoms with E-state index in [1.165, 1.54) is 56.1 Å². The molecule has 4 heteroatoms. The Morgan fingerprint density at radius 2 is 1.47 bits per heavy atom. The van der Waals surface area contributed by atoms with Gasteiger partial charge in [0.05, 0.1) is 33.9 Å². The van der Waals surface area contributed by atoms with Gasteiger partial charge in [0.15, 0.2) is 0 Å². The lowest BCUT2D eigenvalue weighted by atomic mass is 10.0. The zero-order chi connectivity index (χ0) is 26.1. The predicted octanol–water partition coefficient (Wildman–Crippen LogP) is 7.59. The van der Waals surface area contributed by atoms with Gasteiger partial charge >= 0.3 is 5.97 Å². The molecule has 2 aromatic carbocycles. The van der Waals surface area contributed by atoms with E-state index in [-0.39, 0.29) is 11.9 Å². The molecule has 1 unspecified atom stereocenters. The van der Waals surface area contributed by atoms with Crippen LogP contribution in [0.25, 0.3) is 0 Å². The first-order valence-electron chi connectivity index (χ1n) is 14.2. The summed E-state index contributed by atoms with van der Waals surface area (Å²) in [4.78, 5) is 12.7. The Kier molecular flexibility index (Phi) is 14.3. The van der Waals surface area contributed by atoms with Gasteiger partial charge in [-0.15, -0.1) is 0 Å². The lowest BCUT2D eigenvalue weighted by Gasteiger charge is -2.32. The second-order valence-electron chi connectivity index (χ2n) is 10.7. The van der Waals surface area contributed by atoms with Crippen molar-refractivity contribution in [1.82, 2.24) is 0 Å². The summed E-state index contributed by atoms with van der Waals surface area (Å²) in [5, 5.41) is 0. The summed E-state index contributed by atoms with van der Waals surface area (Å²) in [7, 11) is 4.36. The van der Waals surface area contributed by atoms with Crippen LogP contribution < -0.4 is 4.74 Å². The first-order chi connectivity index (χ1) is 17.4. The number of quaternary nitrogens is 1. The van der Waals surface area contributed by atoms with Crippen LogP contribution in [0, 0.1) is 5.92 Å². The molecule has 0 heterocycles. The number of esters is 1. The molecule has 0 aliphatic carbocycles. The Morgan fingerprint density at radius 3 is 2.19 bits per heavy atom. The Balaban J connectivity index is 1.68. The Labute approximate surface area is 220 Å². The molecule has 2 rings (SSSR count). The van der Waals surface area contributed by atoms with Crippen molar-refractivity contribution >= 4 is 5.97 Å². The average Bonchev–Trinajstić information content (AvgIpc) is 2.87. The van der Waals surface area contributed by atoms with Gasteiger partial charge in [0, 0.05) is 12.0 Å². The minimum absolute atomic E-state index is 0.0869. The maximum atomic E-state index is 12.7. The summed E-state index contributed by atoms with van der Waals surface area (Å²) >= 11 is 0. The van der Waals surface area contributed by atoms with Gasteiger partial charge in [-0.3, -0.25) is 4.79 Å². The van der Waals surface area contributed by atoms with Gasteiger partial charge in [0.2, 0.25) is 0 Å². The van der Waals surface area contributed by atoms with E-state index >= 15 is 0 Å². The zero-order valence-electron chi connectivity index (χ0n) is 23.3. The van der Waals surface area contributed by atoms with Crippen LogP contribution in [-0.2, 0) is 22.5 Å². The van der Waals surface area contributed by atoms with E-state index in [0.717, 1.165) is 36.2 Å². The van der Waals surface area contributed by atoms with Gasteiger partial charge in [0.1, 0.15) is 18.2 Å². The van der Waals surface area contributed by atoms with E-state index in [9.17, 15) is 4.79 Å². The smallest absolute Gasteiger partial charge is 0.314 e. The molecule has 36 heavy (non-hydrogen) atoms. The van der Waals surface area contributed by atoms with Gasteiger partial charge in [-0.05, 0) is 30.9 Å². The molecular formula is C32H50NO3+. The number of ether oxygens (including phenoxy) is 2. The maximum absolute atomic E-state index is 12.7. The third-order valence-electron chi connectivity index (χ3n) is 6.81. The average molecular weight is 497 g/mol. The molecule has 0 aromatic heterocycles. The normalized spacial score (nSPS) is 12.3. The monoisotopic (exact) mass is 496 g/mol. The molecular weight excluding hydrogens is 446 g/mol. The molecule has 0 bridgehead atoms. The fraction of sp³-hybridized carbons (Fsp3) is 0.594. The van der Waals surface area contributed by atoms with Crippen molar-refractivity contribution in [3.63, 3.8) is 0 Å². The van der Waals surface area contributed by atoms with E-state index in [2.05, 4.69) is 70.4 Å². The first kappa shape index (κ1) is 29.9. The molecule has 4 nitrogen and oxygen atoms in total. The van der Waals surface area contributed by atoms with Crippen molar-refractivity contribution in [2.45, 2.75) is 84.6 Å². The topological polar surface area (TPSA) is 35.5 Å². The van der Waals surface area contributed by atoms with E-state index in [0.29, 0.717) is 19.6 Å². The van der Waals surface area contributed by atoms with E-state index in [1.54, 1.807) is 0 Å². The zero-order valence-corrected chi connectivity index (χ0v) is 23.3. The predicted molar refractivity (Wildman–Crippen MR) is 150 cm³/mol. The van der Waals surface area contributed by atoms with Crippen LogP contribution in [0.2, 0.25) is 0 Å². The number of benzene rings is 2. The largest absolute Gasteiger partial charge is 0.493 e. The number of nitrogens with zero attached hydrogens (tertiary/aromatic N) is 1. The SMILES string of the molecule is CCCCCCCCCc1ccccc1OCCCOC(=O)C(CC)C[N+](C)(C)Cc1ccccc1. The lowest BCUT2D eigenvalue weighted by Crippen LogP contribution is -2.44. The number of aryl methyl sites for hydroxylation is 1. The quantitative estimate of drug-likeness (QED) is 0.114. The van der Waals surface area contributed by atoms with Gasteiger partial charge in [0.25, 0.3) is 0 Å². The Hall–Kier alpha value is -2.33. The fourth-order valence-electron chi connectivity index (χ4n) is 4.76. The number of hydrogen-bond acceptors (Lipinski definition) is 3. The number of carbonyl (C=O) groups is 1. The Morgan fingerprint density at radius 1 is 0.806 bits per heavy atom. The maximum Gasteiger partial charge on any atom is 0.314 e. The molecule has 1 atom stereocenters. The van der Waals surface area contributed by atoms with Gasteiger partial charge in [-0.2, -0.15) is 0 Å². The molecule has 2 aromatic rings.